The van der Waals surface area contributed by atoms with Crippen molar-refractivity contribution in [3.8, 4) is 17.2 Å². The van der Waals surface area contributed by atoms with E-state index in [0.29, 0.717) is 22.3 Å². The number of amides is 1. The molecule has 10 nitrogen and oxygen atoms in total. The van der Waals surface area contributed by atoms with Crippen molar-refractivity contribution in [2.24, 2.45) is 0 Å². The number of ether oxygens (including phenoxy) is 4. The van der Waals surface area contributed by atoms with Crippen molar-refractivity contribution in [3.63, 3.8) is 0 Å². The van der Waals surface area contributed by atoms with Gasteiger partial charge in [0.1, 0.15) is 11.4 Å². The van der Waals surface area contributed by atoms with Crippen molar-refractivity contribution in [2.75, 3.05) is 52.5 Å². The Morgan fingerprint density at radius 2 is 1.83 bits per heavy atom. The van der Waals surface area contributed by atoms with E-state index in [9.17, 15) is 9.59 Å². The van der Waals surface area contributed by atoms with Crippen LogP contribution >= 0.6 is 0 Å². The summed E-state index contributed by atoms with van der Waals surface area (Å²) in [6.07, 6.45) is 0. The second-order valence-corrected chi connectivity index (χ2v) is 8.94. The summed E-state index contributed by atoms with van der Waals surface area (Å²) in [7, 11) is 2.89. The molecule has 1 fully saturated rings. The maximum Gasteiger partial charge on any atom is 0.356 e. The van der Waals surface area contributed by atoms with E-state index in [0.717, 1.165) is 44.2 Å². The molecule has 10 heteroatoms. The molecule has 36 heavy (non-hydrogen) atoms. The molecule has 1 saturated heterocycles. The minimum Gasteiger partial charge on any atom is -0.497 e. The summed E-state index contributed by atoms with van der Waals surface area (Å²) < 4.78 is 21.1. The predicted octanol–water partition coefficient (Wildman–Crippen LogP) is 2.84. The van der Waals surface area contributed by atoms with Gasteiger partial charge in [-0.25, -0.2) is 4.79 Å². The first-order valence-corrected chi connectivity index (χ1v) is 11.9. The zero-order valence-electron chi connectivity index (χ0n) is 20.6. The van der Waals surface area contributed by atoms with Crippen LogP contribution in [0.25, 0.3) is 10.9 Å². The average Bonchev–Trinajstić information content (AvgIpc) is 3.52. The molecule has 2 N–H and O–H groups in total. The van der Waals surface area contributed by atoms with E-state index in [4.69, 9.17) is 18.9 Å². The van der Waals surface area contributed by atoms with Crippen molar-refractivity contribution in [1.29, 1.82) is 0 Å². The van der Waals surface area contributed by atoms with Gasteiger partial charge in [0.05, 0.1) is 31.5 Å². The van der Waals surface area contributed by atoms with E-state index in [1.807, 2.05) is 25.1 Å². The second-order valence-electron chi connectivity index (χ2n) is 8.94. The van der Waals surface area contributed by atoms with Crippen LogP contribution in [-0.2, 0) is 16.1 Å². The highest BCUT2D eigenvalue weighted by molar-refractivity contribution is 6.11. The van der Waals surface area contributed by atoms with E-state index < -0.39 is 5.97 Å². The van der Waals surface area contributed by atoms with Crippen LogP contribution in [0.3, 0.4) is 0 Å². The van der Waals surface area contributed by atoms with Gasteiger partial charge in [0, 0.05) is 44.2 Å². The second kappa shape index (κ2) is 10.1. The Kier molecular flexibility index (Phi) is 6.71. The standard InChI is InChI=1S/C26H30N4O6/c1-16(30-10-8-29(9-11-30)14-17-4-7-21-22(12-17)36-15-35-21)25(31)28-23-19-6-5-18(33-2)13-20(19)27-24(23)26(32)34-3/h4-7,12-13,16,27H,8-11,14-15H2,1-3H3,(H,28,31). The minimum atomic E-state index is -0.551. The number of nitrogens with one attached hydrogen (secondary N) is 2. The number of aromatic amines is 1. The van der Waals surface area contributed by atoms with E-state index >= 15 is 0 Å². The number of rotatable bonds is 7. The topological polar surface area (TPSA) is 105 Å². The number of carbonyl (C=O) groups excluding carboxylic acids is 2. The average molecular weight is 495 g/mol. The Labute approximate surface area is 209 Å². The lowest BCUT2D eigenvalue weighted by molar-refractivity contribution is -0.121. The number of H-pyrrole nitrogens is 1. The summed E-state index contributed by atoms with van der Waals surface area (Å²) in [6, 6.07) is 11.0. The fourth-order valence-electron chi connectivity index (χ4n) is 4.69. The van der Waals surface area contributed by atoms with Gasteiger partial charge in [-0.15, -0.1) is 0 Å². The molecule has 2 aromatic carbocycles. The molecule has 1 atom stereocenters. The van der Waals surface area contributed by atoms with Crippen LogP contribution in [-0.4, -0.2) is 79.9 Å². The third kappa shape index (κ3) is 4.69. The Morgan fingerprint density at radius 3 is 2.58 bits per heavy atom. The molecule has 1 amide bonds. The number of esters is 1. The summed E-state index contributed by atoms with van der Waals surface area (Å²) in [5.74, 6) is 1.49. The van der Waals surface area contributed by atoms with Crippen LogP contribution in [0.5, 0.6) is 17.2 Å². The monoisotopic (exact) mass is 494 g/mol. The van der Waals surface area contributed by atoms with E-state index in [1.54, 1.807) is 19.2 Å². The summed E-state index contributed by atoms with van der Waals surface area (Å²) in [6.45, 7) is 6.16. The van der Waals surface area contributed by atoms with Gasteiger partial charge in [-0.3, -0.25) is 14.6 Å². The molecule has 0 bridgehead atoms. The number of carbonyl (C=O) groups is 2. The minimum absolute atomic E-state index is 0.180. The summed E-state index contributed by atoms with van der Waals surface area (Å²) in [4.78, 5) is 33.2. The van der Waals surface area contributed by atoms with Crippen molar-refractivity contribution < 1.29 is 28.5 Å². The fraction of sp³-hybridized carbons (Fsp3) is 0.385. The van der Waals surface area contributed by atoms with Crippen LogP contribution in [0.2, 0.25) is 0 Å². The summed E-state index contributed by atoms with van der Waals surface area (Å²) in [5.41, 5.74) is 2.47. The van der Waals surface area contributed by atoms with E-state index in [-0.39, 0.29) is 24.4 Å². The van der Waals surface area contributed by atoms with Gasteiger partial charge in [-0.05, 0) is 36.8 Å². The Morgan fingerprint density at radius 1 is 1.06 bits per heavy atom. The van der Waals surface area contributed by atoms with Crippen molar-refractivity contribution >= 4 is 28.5 Å². The normalized spacial score (nSPS) is 16.6. The van der Waals surface area contributed by atoms with Crippen LogP contribution in [0.4, 0.5) is 5.69 Å². The van der Waals surface area contributed by atoms with Gasteiger partial charge in [0.25, 0.3) is 0 Å². The predicted molar refractivity (Wildman–Crippen MR) is 134 cm³/mol. The lowest BCUT2D eigenvalue weighted by Gasteiger charge is -2.37. The van der Waals surface area contributed by atoms with Gasteiger partial charge < -0.3 is 29.2 Å². The number of hydrogen-bond donors (Lipinski definition) is 2. The SMILES string of the molecule is COC(=O)c1[nH]c2cc(OC)ccc2c1NC(=O)C(C)N1CCN(Cc2ccc3c(c2)OCO3)CC1. The first kappa shape index (κ1) is 24.0. The molecule has 0 spiro atoms. The number of fused-ring (bicyclic) bond motifs is 2. The third-order valence-corrected chi connectivity index (χ3v) is 6.82. The highest BCUT2D eigenvalue weighted by Gasteiger charge is 2.28. The Balaban J connectivity index is 1.23. The van der Waals surface area contributed by atoms with Crippen molar-refractivity contribution in [3.05, 3.63) is 47.7 Å². The maximum absolute atomic E-state index is 13.2. The number of aromatic nitrogens is 1. The van der Waals surface area contributed by atoms with Crippen molar-refractivity contribution in [2.45, 2.75) is 19.5 Å². The molecular weight excluding hydrogens is 464 g/mol. The van der Waals surface area contributed by atoms with Crippen LogP contribution in [0, 0.1) is 0 Å². The van der Waals surface area contributed by atoms with Gasteiger partial charge in [0.15, 0.2) is 11.5 Å². The number of methoxy groups -OCH3 is 2. The number of hydrogen-bond acceptors (Lipinski definition) is 8. The largest absolute Gasteiger partial charge is 0.497 e. The molecule has 1 aromatic heterocycles. The third-order valence-electron chi connectivity index (χ3n) is 6.82. The quantitative estimate of drug-likeness (QED) is 0.483. The molecule has 1 unspecified atom stereocenters. The lowest BCUT2D eigenvalue weighted by Crippen LogP contribution is -2.52. The van der Waals surface area contributed by atoms with Gasteiger partial charge >= 0.3 is 5.97 Å². The number of benzene rings is 2. The fourth-order valence-corrected chi connectivity index (χ4v) is 4.69. The smallest absolute Gasteiger partial charge is 0.356 e. The summed E-state index contributed by atoms with van der Waals surface area (Å²) >= 11 is 0. The molecular formula is C26H30N4O6. The van der Waals surface area contributed by atoms with Gasteiger partial charge in [0.2, 0.25) is 12.7 Å². The molecule has 3 aromatic rings. The lowest BCUT2D eigenvalue weighted by atomic mass is 10.1. The number of piperazine rings is 1. The van der Waals surface area contributed by atoms with Gasteiger partial charge in [-0.2, -0.15) is 0 Å². The zero-order valence-corrected chi connectivity index (χ0v) is 20.6. The first-order chi connectivity index (χ1) is 17.5. The van der Waals surface area contributed by atoms with E-state index in [1.165, 1.54) is 12.7 Å². The number of nitrogens with zero attached hydrogens (tertiary/aromatic N) is 2. The molecule has 5 rings (SSSR count). The van der Waals surface area contributed by atoms with Crippen LogP contribution in [0.15, 0.2) is 36.4 Å². The maximum atomic E-state index is 13.2. The zero-order chi connectivity index (χ0) is 25.2. The van der Waals surface area contributed by atoms with Crippen LogP contribution < -0.4 is 19.5 Å². The molecule has 0 aliphatic carbocycles. The van der Waals surface area contributed by atoms with E-state index in [2.05, 4.69) is 26.2 Å². The van der Waals surface area contributed by atoms with Crippen LogP contribution in [0.1, 0.15) is 23.0 Å². The molecule has 2 aliphatic heterocycles. The molecule has 3 heterocycles. The Hall–Kier alpha value is -3.76. The molecule has 190 valence electrons. The Bertz CT molecular complexity index is 1280. The molecule has 0 saturated carbocycles. The number of anilines is 1. The summed E-state index contributed by atoms with van der Waals surface area (Å²) in [5, 5.41) is 3.68. The first-order valence-electron chi connectivity index (χ1n) is 11.9. The van der Waals surface area contributed by atoms with Crippen molar-refractivity contribution in [1.82, 2.24) is 14.8 Å². The van der Waals surface area contributed by atoms with Gasteiger partial charge in [-0.1, -0.05) is 6.07 Å². The molecule has 0 radical (unpaired) electrons. The highest BCUT2D eigenvalue weighted by atomic mass is 16.7. The molecule has 2 aliphatic rings. The highest BCUT2D eigenvalue weighted by Crippen LogP contribution is 2.33.